The number of carbonyl (C=O) groups is 1. The highest BCUT2D eigenvalue weighted by Crippen LogP contribution is 2.51. The van der Waals surface area contributed by atoms with Crippen LogP contribution in [-0.2, 0) is 29.4 Å². The molecule has 0 amide bonds. The number of ether oxygens (including phenoxy) is 1. The van der Waals surface area contributed by atoms with E-state index in [-0.39, 0.29) is 37.4 Å². The van der Waals surface area contributed by atoms with Crippen molar-refractivity contribution in [2.75, 3.05) is 4.72 Å². The van der Waals surface area contributed by atoms with Crippen molar-refractivity contribution >= 4 is 42.9 Å². The molecule has 8 nitrogen and oxygen atoms in total. The van der Waals surface area contributed by atoms with Gasteiger partial charge in [0.1, 0.15) is 9.97 Å². The SMILES string of the molecule is O=C1OC2=CC=CCCCC2C(O)C1C(c1cccc(NS(=O)(=O)c2cc(S(=O)(=O)c3ccccc3)cs2)c1)C1CC1. The van der Waals surface area contributed by atoms with E-state index in [1.54, 1.807) is 42.5 Å². The summed E-state index contributed by atoms with van der Waals surface area (Å²) in [5.41, 5.74) is 1.03. The Morgan fingerprint density at radius 3 is 2.50 bits per heavy atom. The number of anilines is 1. The number of esters is 1. The molecule has 1 saturated carbocycles. The van der Waals surface area contributed by atoms with Crippen molar-refractivity contribution in [2.45, 2.75) is 58.1 Å². The number of sulfone groups is 1. The predicted molar refractivity (Wildman–Crippen MR) is 159 cm³/mol. The van der Waals surface area contributed by atoms with Crippen molar-refractivity contribution in [2.24, 2.45) is 17.8 Å². The number of benzene rings is 2. The van der Waals surface area contributed by atoms with Crippen LogP contribution in [-0.4, -0.2) is 34.0 Å². The number of hydrogen-bond donors (Lipinski definition) is 2. The zero-order valence-electron chi connectivity index (χ0n) is 22.6. The van der Waals surface area contributed by atoms with Crippen molar-refractivity contribution < 1.29 is 31.5 Å². The molecule has 2 aromatic carbocycles. The van der Waals surface area contributed by atoms with Gasteiger partial charge in [-0.25, -0.2) is 16.8 Å². The number of aliphatic hydroxyl groups excluding tert-OH is 1. The second-order valence-electron chi connectivity index (χ2n) is 11.0. The Morgan fingerprint density at radius 2 is 1.74 bits per heavy atom. The molecule has 0 radical (unpaired) electrons. The van der Waals surface area contributed by atoms with Gasteiger partial charge >= 0.3 is 5.97 Å². The first-order chi connectivity index (χ1) is 20.1. The van der Waals surface area contributed by atoms with Crippen LogP contribution in [0.1, 0.15) is 43.6 Å². The number of rotatable bonds is 8. The van der Waals surface area contributed by atoms with E-state index >= 15 is 0 Å². The molecule has 3 aromatic rings. The summed E-state index contributed by atoms with van der Waals surface area (Å²) in [4.78, 5) is 13.3. The van der Waals surface area contributed by atoms with Gasteiger partial charge in [-0.1, -0.05) is 42.5 Å². The van der Waals surface area contributed by atoms with Crippen LogP contribution in [0.25, 0.3) is 0 Å². The monoisotopic (exact) mass is 625 g/mol. The van der Waals surface area contributed by atoms with E-state index in [2.05, 4.69) is 4.72 Å². The standard InChI is InChI=1S/C31H31NO7S3/c33-30-25-13-6-1-2-7-14-26(25)39-31(34)29(30)28(20-15-16-20)21-9-8-10-22(17-21)32-42(37,38)27-18-24(19-40-27)41(35,36)23-11-4-3-5-12-23/h2-5,7-12,14,17-20,25,28-30,32-33H,1,6,13,15-16H2. The fourth-order valence-corrected chi connectivity index (χ4v) is 9.88. The lowest BCUT2D eigenvalue weighted by Gasteiger charge is -2.39. The number of hydrogen-bond acceptors (Lipinski definition) is 8. The molecule has 4 atom stereocenters. The Bertz CT molecular complexity index is 1760. The van der Waals surface area contributed by atoms with Gasteiger partial charge in [-0.05, 0) is 80.0 Å². The van der Waals surface area contributed by atoms with E-state index in [0.29, 0.717) is 12.2 Å². The molecule has 2 heterocycles. The number of carbonyl (C=O) groups excluding carboxylic acids is 1. The maximum absolute atomic E-state index is 13.3. The van der Waals surface area contributed by atoms with Crippen LogP contribution in [0.3, 0.4) is 0 Å². The van der Waals surface area contributed by atoms with Gasteiger partial charge < -0.3 is 9.84 Å². The van der Waals surface area contributed by atoms with Crippen LogP contribution < -0.4 is 4.72 Å². The minimum absolute atomic E-state index is 0.0837. The third-order valence-corrected chi connectivity index (χ3v) is 12.9. The number of nitrogens with one attached hydrogen (secondary N) is 1. The van der Waals surface area contributed by atoms with Crippen molar-refractivity contribution in [1.29, 1.82) is 0 Å². The summed E-state index contributed by atoms with van der Waals surface area (Å²) >= 11 is 0.826. The van der Waals surface area contributed by atoms with Crippen LogP contribution in [0.5, 0.6) is 0 Å². The van der Waals surface area contributed by atoms with Gasteiger partial charge in [0.2, 0.25) is 9.84 Å². The first-order valence-corrected chi connectivity index (χ1v) is 17.8. The molecule has 2 fully saturated rings. The Labute approximate surface area is 249 Å². The lowest BCUT2D eigenvalue weighted by atomic mass is 9.72. The normalized spacial score (nSPS) is 23.6. The summed E-state index contributed by atoms with van der Waals surface area (Å²) in [6.45, 7) is 0. The Morgan fingerprint density at radius 1 is 0.952 bits per heavy atom. The van der Waals surface area contributed by atoms with Gasteiger partial charge in [0.15, 0.2) is 0 Å². The molecule has 6 rings (SSSR count). The number of allylic oxidation sites excluding steroid dienone is 3. The van der Waals surface area contributed by atoms with E-state index in [9.17, 15) is 26.7 Å². The zero-order chi connectivity index (χ0) is 29.5. The van der Waals surface area contributed by atoms with Crippen LogP contribution in [0.4, 0.5) is 5.69 Å². The fraction of sp³-hybridized carbons (Fsp3) is 0.323. The largest absolute Gasteiger partial charge is 0.430 e. The number of aliphatic hydroxyl groups is 1. The van der Waals surface area contributed by atoms with Gasteiger partial charge in [0.25, 0.3) is 10.0 Å². The van der Waals surface area contributed by atoms with Crippen molar-refractivity contribution in [1.82, 2.24) is 0 Å². The average molecular weight is 626 g/mol. The van der Waals surface area contributed by atoms with E-state index in [0.717, 1.165) is 48.6 Å². The van der Waals surface area contributed by atoms with Crippen LogP contribution >= 0.6 is 11.3 Å². The number of fused-ring (bicyclic) bond motifs is 1. The molecule has 0 spiro atoms. The number of sulfonamides is 1. The van der Waals surface area contributed by atoms with Gasteiger partial charge in [-0.2, -0.15) is 0 Å². The lowest BCUT2D eigenvalue weighted by molar-refractivity contribution is -0.160. The molecule has 11 heteroatoms. The molecule has 1 saturated heterocycles. The van der Waals surface area contributed by atoms with Gasteiger partial charge in [0, 0.05) is 22.9 Å². The van der Waals surface area contributed by atoms with E-state index in [1.807, 2.05) is 18.2 Å². The molecular formula is C31H31NO7S3. The van der Waals surface area contributed by atoms with E-state index in [1.165, 1.54) is 17.5 Å². The second kappa shape index (κ2) is 11.4. The Balaban J connectivity index is 1.26. The highest BCUT2D eigenvalue weighted by atomic mass is 32.2. The summed E-state index contributed by atoms with van der Waals surface area (Å²) in [5, 5.41) is 12.8. The van der Waals surface area contributed by atoms with Gasteiger partial charge in [-0.15, -0.1) is 11.3 Å². The highest BCUT2D eigenvalue weighted by Gasteiger charge is 2.50. The van der Waals surface area contributed by atoms with Crippen molar-refractivity contribution in [3.63, 3.8) is 0 Å². The quantitative estimate of drug-likeness (QED) is 0.310. The number of thiophene rings is 1. The van der Waals surface area contributed by atoms with Gasteiger partial charge in [0.05, 0.1) is 21.8 Å². The maximum atomic E-state index is 13.3. The van der Waals surface area contributed by atoms with Crippen molar-refractivity contribution in [3.8, 4) is 0 Å². The first-order valence-electron chi connectivity index (χ1n) is 13.9. The summed E-state index contributed by atoms with van der Waals surface area (Å²) in [7, 11) is -7.97. The summed E-state index contributed by atoms with van der Waals surface area (Å²) in [6, 6.07) is 15.9. The fourth-order valence-electron chi connectivity index (χ4n) is 5.92. The van der Waals surface area contributed by atoms with Crippen LogP contribution in [0.2, 0.25) is 0 Å². The molecular weight excluding hydrogens is 595 g/mol. The van der Waals surface area contributed by atoms with E-state index < -0.39 is 37.9 Å². The molecule has 2 aliphatic carbocycles. The minimum atomic E-state index is -4.10. The topological polar surface area (TPSA) is 127 Å². The van der Waals surface area contributed by atoms with E-state index in [4.69, 9.17) is 4.74 Å². The predicted octanol–water partition coefficient (Wildman–Crippen LogP) is 5.65. The molecule has 220 valence electrons. The molecule has 3 aliphatic rings. The highest BCUT2D eigenvalue weighted by molar-refractivity contribution is 7.95. The molecule has 42 heavy (non-hydrogen) atoms. The average Bonchev–Trinajstić information content (AvgIpc) is 3.64. The molecule has 1 aromatic heterocycles. The molecule has 1 aliphatic heterocycles. The van der Waals surface area contributed by atoms with Crippen LogP contribution in [0.15, 0.2) is 104 Å². The lowest BCUT2D eigenvalue weighted by Crippen LogP contribution is -2.45. The first kappa shape index (κ1) is 28.9. The minimum Gasteiger partial charge on any atom is -0.430 e. The van der Waals surface area contributed by atoms with Crippen LogP contribution in [0, 0.1) is 17.8 Å². The summed E-state index contributed by atoms with van der Waals surface area (Å²) in [6.07, 6.45) is 9.03. The summed E-state index contributed by atoms with van der Waals surface area (Å²) < 4.78 is 60.8. The molecule has 0 bridgehead atoms. The zero-order valence-corrected chi connectivity index (χ0v) is 25.1. The third-order valence-electron chi connectivity index (χ3n) is 8.14. The van der Waals surface area contributed by atoms with Crippen molar-refractivity contribution in [3.05, 3.63) is 95.6 Å². The Hall–Kier alpha value is -3.25. The molecule has 4 unspecified atom stereocenters. The third kappa shape index (κ3) is 5.70. The second-order valence-corrected chi connectivity index (χ2v) is 15.8. The van der Waals surface area contributed by atoms with Gasteiger partial charge in [-0.3, -0.25) is 9.52 Å². The summed E-state index contributed by atoms with van der Waals surface area (Å²) in [5.74, 6) is -1.17. The Kier molecular flexibility index (Phi) is 7.86. The maximum Gasteiger partial charge on any atom is 0.317 e. The molecule has 2 N–H and O–H groups in total. The smallest absolute Gasteiger partial charge is 0.317 e.